The second kappa shape index (κ2) is 12.0. The number of nitrogens with one attached hydrogen (secondary N) is 1. The van der Waals surface area contributed by atoms with E-state index in [1.165, 1.54) is 0 Å². The van der Waals surface area contributed by atoms with Crippen LogP contribution in [0, 0.1) is 0 Å². The van der Waals surface area contributed by atoms with E-state index >= 15 is 0 Å². The highest BCUT2D eigenvalue weighted by atomic mass is 19.4. The summed E-state index contributed by atoms with van der Waals surface area (Å²) in [6, 6.07) is 21.4. The summed E-state index contributed by atoms with van der Waals surface area (Å²) in [5, 5.41) is 18.5. The van der Waals surface area contributed by atoms with Gasteiger partial charge in [-0.1, -0.05) is 80.6 Å². The minimum Gasteiger partial charge on any atom is -0.545 e. The summed E-state index contributed by atoms with van der Waals surface area (Å²) in [7, 11) is 0. The number of nitrogens with zero attached hydrogens (tertiary/aromatic N) is 2. The number of carbonyl (C=O) groups is 1. The zero-order valence-corrected chi connectivity index (χ0v) is 22.1. The van der Waals surface area contributed by atoms with Gasteiger partial charge in [-0.25, -0.2) is 4.68 Å². The third-order valence-electron chi connectivity index (χ3n) is 7.32. The maximum Gasteiger partial charge on any atom is 0.389 e. The average Bonchev–Trinajstić information content (AvgIpc) is 3.55. The summed E-state index contributed by atoms with van der Waals surface area (Å²) < 4.78 is 38.3. The van der Waals surface area contributed by atoms with E-state index in [9.17, 15) is 23.1 Å². The lowest BCUT2D eigenvalue weighted by Crippen LogP contribution is -2.23. The van der Waals surface area contributed by atoms with E-state index in [1.807, 2.05) is 60.7 Å². The largest absolute Gasteiger partial charge is 0.545 e. The molecule has 0 aliphatic heterocycles. The van der Waals surface area contributed by atoms with Gasteiger partial charge >= 0.3 is 6.18 Å². The first kappa shape index (κ1) is 27.5. The molecule has 2 heterocycles. The highest BCUT2D eigenvalue weighted by molar-refractivity contribution is 6.08. The van der Waals surface area contributed by atoms with Crippen LogP contribution >= 0.6 is 0 Å². The molecule has 3 aromatic carbocycles. The molecule has 5 rings (SSSR count). The van der Waals surface area contributed by atoms with Crippen LogP contribution in [0.25, 0.3) is 38.8 Å². The topological polar surface area (TPSA) is 73.7 Å². The molecular weight excluding hydrogens is 515 g/mol. The number of hydrogen-bond donors (Lipinski definition) is 1. The fraction of sp³-hybridized carbons (Fsp3) is 0.312. The van der Waals surface area contributed by atoms with E-state index in [0.717, 1.165) is 66.4 Å². The van der Waals surface area contributed by atoms with Gasteiger partial charge in [0, 0.05) is 34.5 Å². The highest BCUT2D eigenvalue weighted by Crippen LogP contribution is 2.31. The van der Waals surface area contributed by atoms with Gasteiger partial charge in [0.15, 0.2) is 0 Å². The predicted molar refractivity (Wildman–Crippen MR) is 149 cm³/mol. The number of para-hydroxylation sites is 1. The zero-order chi connectivity index (χ0) is 28.1. The van der Waals surface area contributed by atoms with Crippen molar-refractivity contribution in [3.8, 4) is 16.9 Å². The predicted octanol–water partition coefficient (Wildman–Crippen LogP) is 7.76. The van der Waals surface area contributed by atoms with Gasteiger partial charge in [0.2, 0.25) is 0 Å². The molecule has 40 heavy (non-hydrogen) atoms. The molecule has 0 atom stereocenters. The fourth-order valence-electron chi connectivity index (χ4n) is 5.29. The standard InChI is InChI=1S/C32H32F3N3O2/c33-32(34,35)18-9-5-3-1-2-4-6-11-22-12-10-14-23(19-22)25-16-17-28-26(30(25)31(39)40)21-38(37-28)29-20-24-13-7-8-15-27(24)36-29/h7-8,10,12-17,19-21,36H,1-6,9,11,18H2,(H,39,40)/p-1. The van der Waals surface area contributed by atoms with Crippen molar-refractivity contribution in [2.75, 3.05) is 0 Å². The number of carbonyl (C=O) groups excluding carboxylic acids is 1. The van der Waals surface area contributed by atoms with Gasteiger partial charge in [-0.3, -0.25) is 0 Å². The molecule has 0 saturated carbocycles. The van der Waals surface area contributed by atoms with Gasteiger partial charge < -0.3 is 14.9 Å². The molecule has 0 amide bonds. The smallest absolute Gasteiger partial charge is 0.389 e. The summed E-state index contributed by atoms with van der Waals surface area (Å²) in [4.78, 5) is 15.7. The fourth-order valence-corrected chi connectivity index (χ4v) is 5.29. The lowest BCUT2D eigenvalue weighted by molar-refractivity contribution is -0.254. The van der Waals surface area contributed by atoms with Crippen LogP contribution in [-0.2, 0) is 6.42 Å². The van der Waals surface area contributed by atoms with Crippen LogP contribution in [0.3, 0.4) is 0 Å². The first-order chi connectivity index (χ1) is 19.3. The summed E-state index contributed by atoms with van der Waals surface area (Å²) in [5.74, 6) is -0.510. The van der Waals surface area contributed by atoms with Crippen molar-refractivity contribution in [3.63, 3.8) is 0 Å². The second-order valence-corrected chi connectivity index (χ2v) is 10.3. The summed E-state index contributed by atoms with van der Waals surface area (Å²) in [6.07, 6.45) is 3.40. The van der Waals surface area contributed by atoms with E-state index < -0.39 is 18.6 Å². The minimum atomic E-state index is -4.05. The van der Waals surface area contributed by atoms with Gasteiger partial charge in [0.1, 0.15) is 5.82 Å². The molecule has 0 bridgehead atoms. The lowest BCUT2D eigenvalue weighted by atomic mass is 9.94. The molecule has 0 fully saturated rings. The van der Waals surface area contributed by atoms with Crippen LogP contribution in [0.2, 0.25) is 0 Å². The first-order valence-corrected chi connectivity index (χ1v) is 13.8. The summed E-state index contributed by atoms with van der Waals surface area (Å²) in [5.41, 5.74) is 4.15. The van der Waals surface area contributed by atoms with Crippen LogP contribution in [0.15, 0.2) is 72.9 Å². The summed E-state index contributed by atoms with van der Waals surface area (Å²) >= 11 is 0. The third-order valence-corrected chi connectivity index (χ3v) is 7.32. The monoisotopic (exact) mass is 546 g/mol. The first-order valence-electron chi connectivity index (χ1n) is 13.8. The van der Waals surface area contributed by atoms with Crippen molar-refractivity contribution < 1.29 is 23.1 Å². The Morgan fingerprint density at radius 2 is 1.62 bits per heavy atom. The van der Waals surface area contributed by atoms with Crippen LogP contribution < -0.4 is 5.11 Å². The Labute approximate surface area is 230 Å². The Morgan fingerprint density at radius 3 is 2.38 bits per heavy atom. The van der Waals surface area contributed by atoms with E-state index in [1.54, 1.807) is 16.9 Å². The molecule has 0 radical (unpaired) electrons. The lowest BCUT2D eigenvalue weighted by Gasteiger charge is -2.13. The van der Waals surface area contributed by atoms with Crippen LogP contribution in [0.5, 0.6) is 0 Å². The molecular formula is C32H31F3N3O2-. The quantitative estimate of drug-likeness (QED) is 0.163. The third kappa shape index (κ3) is 6.55. The van der Waals surface area contributed by atoms with Gasteiger partial charge in [0.25, 0.3) is 0 Å². The number of aryl methyl sites for hydroxylation is 1. The second-order valence-electron chi connectivity index (χ2n) is 10.3. The van der Waals surface area contributed by atoms with Crippen molar-refractivity contribution in [1.82, 2.24) is 14.8 Å². The molecule has 2 aromatic heterocycles. The van der Waals surface area contributed by atoms with Crippen molar-refractivity contribution in [2.45, 2.75) is 64.0 Å². The number of unbranched alkanes of at least 4 members (excludes halogenated alkanes) is 6. The number of aromatic amines is 1. The minimum absolute atomic E-state index is 0.113. The van der Waals surface area contributed by atoms with Crippen LogP contribution in [0.4, 0.5) is 13.2 Å². The van der Waals surface area contributed by atoms with Crippen molar-refractivity contribution in [3.05, 3.63) is 84.1 Å². The van der Waals surface area contributed by atoms with Crippen molar-refractivity contribution >= 4 is 27.8 Å². The SMILES string of the molecule is O=C([O-])c1c(-c2cccc(CCCCCCCCCC(F)(F)F)c2)ccc2nn(-c3cc4ccccc4[nH]3)cc12. The van der Waals surface area contributed by atoms with Gasteiger partial charge in [-0.15, -0.1) is 0 Å². The Kier molecular flexibility index (Phi) is 8.24. The Balaban J connectivity index is 1.26. The molecule has 0 aliphatic rings. The molecule has 5 nitrogen and oxygen atoms in total. The van der Waals surface area contributed by atoms with E-state index in [-0.39, 0.29) is 12.0 Å². The van der Waals surface area contributed by atoms with E-state index in [4.69, 9.17) is 0 Å². The zero-order valence-electron chi connectivity index (χ0n) is 22.1. The number of carboxylic acid groups (broad SMARTS) is 1. The molecule has 8 heteroatoms. The number of alkyl halides is 3. The van der Waals surface area contributed by atoms with Crippen LogP contribution in [0.1, 0.15) is 67.3 Å². The van der Waals surface area contributed by atoms with Crippen LogP contribution in [-0.4, -0.2) is 26.9 Å². The average molecular weight is 547 g/mol. The number of hydrogen-bond acceptors (Lipinski definition) is 3. The van der Waals surface area contributed by atoms with E-state index in [2.05, 4.69) is 10.1 Å². The van der Waals surface area contributed by atoms with E-state index in [0.29, 0.717) is 22.9 Å². The Morgan fingerprint density at radius 1 is 0.875 bits per heavy atom. The van der Waals surface area contributed by atoms with Gasteiger partial charge in [-0.05, 0) is 54.2 Å². The normalized spacial score (nSPS) is 12.0. The number of rotatable bonds is 12. The molecule has 1 N–H and O–H groups in total. The molecule has 0 unspecified atom stereocenters. The van der Waals surface area contributed by atoms with Gasteiger partial charge in [0.05, 0.1) is 11.5 Å². The number of halogens is 3. The Bertz CT molecular complexity index is 1580. The molecule has 5 aromatic rings. The maximum atomic E-state index is 12.4. The number of aromatic carboxylic acids is 1. The number of aromatic nitrogens is 3. The summed E-state index contributed by atoms with van der Waals surface area (Å²) in [6.45, 7) is 0. The van der Waals surface area contributed by atoms with Crippen molar-refractivity contribution in [1.29, 1.82) is 0 Å². The Hall–Kier alpha value is -4.07. The van der Waals surface area contributed by atoms with Gasteiger partial charge in [-0.2, -0.15) is 18.3 Å². The number of benzene rings is 3. The number of H-pyrrole nitrogens is 1. The number of fused-ring (bicyclic) bond motifs is 2. The maximum absolute atomic E-state index is 12.4. The molecule has 0 aliphatic carbocycles. The highest BCUT2D eigenvalue weighted by Gasteiger charge is 2.25. The number of carboxylic acids is 1. The molecule has 208 valence electrons. The molecule has 0 saturated heterocycles. The molecule has 0 spiro atoms. The van der Waals surface area contributed by atoms with Crippen molar-refractivity contribution in [2.24, 2.45) is 0 Å².